The number of nitrogens with zero attached hydrogens (tertiary/aromatic N) is 1. The summed E-state index contributed by atoms with van der Waals surface area (Å²) in [6.45, 7) is 5.38. The van der Waals surface area contributed by atoms with E-state index >= 15 is 0 Å². The van der Waals surface area contributed by atoms with Crippen LogP contribution in [0.4, 0.5) is 11.4 Å². The molecule has 0 bridgehead atoms. The number of aryl methyl sites for hydroxylation is 2. The highest BCUT2D eigenvalue weighted by Gasteiger charge is 2.24. The lowest BCUT2D eigenvalue weighted by Gasteiger charge is -2.27. The van der Waals surface area contributed by atoms with E-state index < -0.39 is 20.0 Å². The van der Waals surface area contributed by atoms with Crippen molar-refractivity contribution in [2.75, 3.05) is 42.0 Å². The number of rotatable bonds is 8. The van der Waals surface area contributed by atoms with Crippen LogP contribution in [0.5, 0.6) is 0 Å². The van der Waals surface area contributed by atoms with Crippen molar-refractivity contribution < 1.29 is 26.4 Å². The van der Waals surface area contributed by atoms with Crippen LogP contribution in [0.25, 0.3) is 0 Å². The minimum atomic E-state index is -4.05. The van der Waals surface area contributed by atoms with Crippen LogP contribution in [0.2, 0.25) is 0 Å². The zero-order valence-electron chi connectivity index (χ0n) is 21.2. The summed E-state index contributed by atoms with van der Waals surface area (Å²) in [4.78, 5) is 15.3. The molecule has 0 atom stereocenters. The normalized spacial score (nSPS) is 14.2. The van der Waals surface area contributed by atoms with E-state index in [9.17, 15) is 21.6 Å². The molecule has 202 valence electrons. The van der Waals surface area contributed by atoms with Crippen LogP contribution in [-0.2, 0) is 24.8 Å². The first-order valence-electron chi connectivity index (χ1n) is 11.8. The number of amides is 1. The van der Waals surface area contributed by atoms with E-state index in [4.69, 9.17) is 4.74 Å². The molecule has 3 aromatic rings. The molecule has 1 aliphatic rings. The molecule has 0 aliphatic carbocycles. The molecule has 3 aromatic carbocycles. The molecule has 12 heteroatoms. The third kappa shape index (κ3) is 6.15. The summed E-state index contributed by atoms with van der Waals surface area (Å²) in [5, 5.41) is 0. The SMILES string of the molecule is CSc1ccc(S(=O)(=O)Nc2ccc(S(=O)(=O)Nc3c(C)cccc3C)cc2)cc1C(=O)N1CCOCC1. The van der Waals surface area contributed by atoms with E-state index in [-0.39, 0.29) is 21.4 Å². The third-order valence-electron chi connectivity index (χ3n) is 6.14. The van der Waals surface area contributed by atoms with Crippen molar-refractivity contribution in [3.63, 3.8) is 0 Å². The van der Waals surface area contributed by atoms with Crippen molar-refractivity contribution in [3.8, 4) is 0 Å². The van der Waals surface area contributed by atoms with Gasteiger partial charge in [0.15, 0.2) is 0 Å². The number of benzene rings is 3. The monoisotopic (exact) mass is 575 g/mol. The third-order valence-corrected chi connectivity index (χ3v) is 9.68. The maximum absolute atomic E-state index is 13.2. The molecule has 0 unspecified atom stereocenters. The number of para-hydroxylation sites is 1. The van der Waals surface area contributed by atoms with Gasteiger partial charge >= 0.3 is 0 Å². The Balaban J connectivity index is 1.55. The van der Waals surface area contributed by atoms with E-state index in [1.54, 1.807) is 11.0 Å². The molecule has 1 aliphatic heterocycles. The van der Waals surface area contributed by atoms with Gasteiger partial charge in [-0.2, -0.15) is 0 Å². The number of carbonyl (C=O) groups is 1. The van der Waals surface area contributed by atoms with E-state index in [1.165, 1.54) is 48.2 Å². The number of anilines is 2. The van der Waals surface area contributed by atoms with Gasteiger partial charge in [-0.25, -0.2) is 16.8 Å². The van der Waals surface area contributed by atoms with Gasteiger partial charge in [0.1, 0.15) is 0 Å². The molecule has 38 heavy (non-hydrogen) atoms. The average Bonchev–Trinajstić information content (AvgIpc) is 2.90. The van der Waals surface area contributed by atoms with Gasteiger partial charge in [0.05, 0.1) is 34.3 Å². The van der Waals surface area contributed by atoms with E-state index in [2.05, 4.69) is 9.44 Å². The number of nitrogens with one attached hydrogen (secondary N) is 2. The molecule has 0 saturated carbocycles. The molecule has 0 radical (unpaired) electrons. The summed E-state index contributed by atoms with van der Waals surface area (Å²) in [6, 6.07) is 15.3. The molecular formula is C26H29N3O6S3. The standard InChI is InChI=1S/C26H29N3O6S3/c1-18-5-4-6-19(2)25(18)28-37(31,32)21-9-7-20(8-10-21)27-38(33,34)22-11-12-24(36-3)23(17-22)26(30)29-13-15-35-16-14-29/h4-12,17,27-28H,13-16H2,1-3H3. The van der Waals surface area contributed by atoms with Gasteiger partial charge in [-0.1, -0.05) is 18.2 Å². The lowest BCUT2D eigenvalue weighted by molar-refractivity contribution is 0.0300. The summed E-state index contributed by atoms with van der Waals surface area (Å²) in [7, 11) is -7.94. The number of carbonyl (C=O) groups excluding carboxylic acids is 1. The van der Waals surface area contributed by atoms with Crippen LogP contribution in [0.15, 0.2) is 75.4 Å². The maximum Gasteiger partial charge on any atom is 0.261 e. The number of sulfonamides is 2. The van der Waals surface area contributed by atoms with Crippen molar-refractivity contribution in [3.05, 3.63) is 77.4 Å². The minimum absolute atomic E-state index is 0.00850. The van der Waals surface area contributed by atoms with Crippen molar-refractivity contribution in [1.29, 1.82) is 0 Å². The van der Waals surface area contributed by atoms with Gasteiger partial charge in [0.25, 0.3) is 26.0 Å². The average molecular weight is 576 g/mol. The lowest BCUT2D eigenvalue weighted by atomic mass is 10.1. The Kier molecular flexibility index (Phi) is 8.36. The Morgan fingerprint density at radius 3 is 2.03 bits per heavy atom. The summed E-state index contributed by atoms with van der Waals surface area (Å²) in [5.41, 5.74) is 2.58. The predicted octanol–water partition coefficient (Wildman–Crippen LogP) is 4.10. The van der Waals surface area contributed by atoms with E-state index in [1.807, 2.05) is 38.3 Å². The molecule has 2 N–H and O–H groups in total. The second kappa shape index (κ2) is 11.4. The molecule has 9 nitrogen and oxygen atoms in total. The molecule has 1 amide bonds. The maximum atomic E-state index is 13.2. The Bertz CT molecular complexity index is 1530. The fraction of sp³-hybridized carbons (Fsp3) is 0.269. The zero-order valence-corrected chi connectivity index (χ0v) is 23.7. The predicted molar refractivity (Wildman–Crippen MR) is 149 cm³/mol. The van der Waals surface area contributed by atoms with Crippen molar-refractivity contribution >= 4 is 49.1 Å². The van der Waals surface area contributed by atoms with Crippen LogP contribution in [0.3, 0.4) is 0 Å². The largest absolute Gasteiger partial charge is 0.378 e. The summed E-state index contributed by atoms with van der Waals surface area (Å²) < 4.78 is 62.5. The van der Waals surface area contributed by atoms with E-state index in [0.717, 1.165) is 11.1 Å². The fourth-order valence-electron chi connectivity index (χ4n) is 4.04. The van der Waals surface area contributed by atoms with Crippen LogP contribution >= 0.6 is 11.8 Å². The number of hydrogen-bond acceptors (Lipinski definition) is 7. The Morgan fingerprint density at radius 1 is 0.842 bits per heavy atom. The highest BCUT2D eigenvalue weighted by Crippen LogP contribution is 2.28. The molecule has 1 saturated heterocycles. The van der Waals surface area contributed by atoms with Gasteiger partial charge in [-0.15, -0.1) is 11.8 Å². The Labute approximate surface area is 227 Å². The number of morpholine rings is 1. The van der Waals surface area contributed by atoms with Gasteiger partial charge in [0.2, 0.25) is 0 Å². The second-order valence-electron chi connectivity index (χ2n) is 8.77. The van der Waals surface area contributed by atoms with Crippen LogP contribution < -0.4 is 9.44 Å². The second-order valence-corrected chi connectivity index (χ2v) is 13.0. The molecule has 1 fully saturated rings. The first kappa shape index (κ1) is 28.0. The van der Waals surface area contributed by atoms with Gasteiger partial charge in [-0.05, 0) is 73.7 Å². The van der Waals surface area contributed by atoms with Gasteiger partial charge < -0.3 is 9.64 Å². The minimum Gasteiger partial charge on any atom is -0.378 e. The highest BCUT2D eigenvalue weighted by molar-refractivity contribution is 7.98. The van der Waals surface area contributed by atoms with Crippen LogP contribution in [-0.4, -0.2) is 60.2 Å². The Hall–Kier alpha value is -3.06. The van der Waals surface area contributed by atoms with Crippen LogP contribution in [0, 0.1) is 13.8 Å². The molecule has 0 aromatic heterocycles. The van der Waals surface area contributed by atoms with E-state index in [0.29, 0.717) is 42.4 Å². The summed E-state index contributed by atoms with van der Waals surface area (Å²) in [6.07, 6.45) is 1.82. The fourth-order valence-corrected chi connectivity index (χ4v) is 6.90. The smallest absolute Gasteiger partial charge is 0.261 e. The van der Waals surface area contributed by atoms with Gasteiger partial charge in [0, 0.05) is 23.7 Å². The molecule has 0 spiro atoms. The lowest BCUT2D eigenvalue weighted by Crippen LogP contribution is -2.40. The van der Waals surface area contributed by atoms with Gasteiger partial charge in [-0.3, -0.25) is 14.2 Å². The number of thioether (sulfide) groups is 1. The first-order valence-corrected chi connectivity index (χ1v) is 16.0. The molecular weight excluding hydrogens is 547 g/mol. The van der Waals surface area contributed by atoms with Crippen LogP contribution in [0.1, 0.15) is 21.5 Å². The first-order chi connectivity index (χ1) is 18.0. The quantitative estimate of drug-likeness (QED) is 0.388. The van der Waals surface area contributed by atoms with Crippen molar-refractivity contribution in [2.24, 2.45) is 0 Å². The Morgan fingerprint density at radius 2 is 1.42 bits per heavy atom. The summed E-state index contributed by atoms with van der Waals surface area (Å²) >= 11 is 1.36. The highest BCUT2D eigenvalue weighted by atomic mass is 32.2. The molecule has 4 rings (SSSR count). The topological polar surface area (TPSA) is 122 Å². The van der Waals surface area contributed by atoms with Crippen molar-refractivity contribution in [1.82, 2.24) is 4.90 Å². The summed E-state index contributed by atoms with van der Waals surface area (Å²) in [5.74, 6) is -0.249. The zero-order chi connectivity index (χ0) is 27.5. The molecule has 1 heterocycles. The number of hydrogen-bond donors (Lipinski definition) is 2. The number of ether oxygens (including phenoxy) is 1. The van der Waals surface area contributed by atoms with Crippen molar-refractivity contribution in [2.45, 2.75) is 28.5 Å².